The Labute approximate surface area is 207 Å². The zero-order valence-electron chi connectivity index (χ0n) is 19.9. The van der Waals surface area contributed by atoms with Crippen LogP contribution in [-0.4, -0.2) is 54.6 Å². The third-order valence-corrected chi connectivity index (χ3v) is 6.28. The number of methoxy groups -OCH3 is 1. The maximum Gasteiger partial charge on any atom is 0.415 e. The molecular formula is C26H25N5O5. The van der Waals surface area contributed by atoms with E-state index in [4.69, 9.17) is 24.7 Å². The predicted octanol–water partition coefficient (Wildman–Crippen LogP) is 3.44. The Morgan fingerprint density at radius 3 is 2.67 bits per heavy atom. The molecule has 1 amide bonds. The molecule has 10 heteroatoms. The molecular weight excluding hydrogens is 462 g/mol. The van der Waals surface area contributed by atoms with Crippen LogP contribution in [0.15, 0.2) is 53.9 Å². The smallest absolute Gasteiger partial charge is 0.415 e. The number of H-pyrrole nitrogens is 1. The number of benzene rings is 2. The highest BCUT2D eigenvalue weighted by Crippen LogP contribution is 2.49. The molecule has 0 spiro atoms. The van der Waals surface area contributed by atoms with E-state index in [9.17, 15) is 10.1 Å². The minimum atomic E-state index is -0.726. The van der Waals surface area contributed by atoms with Crippen molar-refractivity contribution in [2.24, 2.45) is 5.73 Å². The molecule has 2 aliphatic rings. The highest BCUT2D eigenvalue weighted by atomic mass is 16.6. The number of aromatic amines is 1. The highest BCUT2D eigenvalue weighted by Gasteiger charge is 2.38. The number of nitrogens with one attached hydrogen (secondary N) is 1. The average molecular weight is 488 g/mol. The van der Waals surface area contributed by atoms with E-state index in [0.717, 1.165) is 11.1 Å². The van der Waals surface area contributed by atoms with Gasteiger partial charge in [-0.2, -0.15) is 5.26 Å². The number of fused-ring (bicyclic) bond motifs is 1. The van der Waals surface area contributed by atoms with Crippen molar-refractivity contribution in [3.05, 3.63) is 70.6 Å². The van der Waals surface area contributed by atoms with Gasteiger partial charge in [-0.3, -0.25) is 5.10 Å². The van der Waals surface area contributed by atoms with Crippen molar-refractivity contribution < 1.29 is 23.7 Å². The maximum atomic E-state index is 13.0. The first kappa shape index (κ1) is 23.3. The van der Waals surface area contributed by atoms with Gasteiger partial charge in [0, 0.05) is 24.2 Å². The van der Waals surface area contributed by atoms with Crippen LogP contribution in [0.4, 0.5) is 4.79 Å². The Morgan fingerprint density at radius 2 is 1.97 bits per heavy atom. The summed E-state index contributed by atoms with van der Waals surface area (Å²) in [5.41, 5.74) is 10.1. The molecule has 1 atom stereocenters. The Bertz CT molecular complexity index is 1370. The van der Waals surface area contributed by atoms with Crippen LogP contribution in [0.25, 0.3) is 11.3 Å². The number of allylic oxidation sites excluding steroid dienone is 1. The molecule has 1 aromatic heterocycles. The standard InChI is InChI=1S/C26H25N5O5/c1-15-6-8-16(9-7-15)22-21-20(18(14-27)24(28)36-25(21)30-29-22)17-4-3-5-19(33-2)23(17)35-26(32)31-10-12-34-13-11-31/h3-9,20H,10-13,28H2,1-2H3,(H,29,30). The number of aryl methyl sites for hydroxylation is 1. The van der Waals surface area contributed by atoms with Crippen molar-refractivity contribution in [2.45, 2.75) is 12.8 Å². The van der Waals surface area contributed by atoms with Gasteiger partial charge in [0.2, 0.25) is 11.8 Å². The summed E-state index contributed by atoms with van der Waals surface area (Å²) < 4.78 is 22.5. The Morgan fingerprint density at radius 1 is 1.22 bits per heavy atom. The summed E-state index contributed by atoms with van der Waals surface area (Å²) in [4.78, 5) is 14.6. The molecule has 0 bridgehead atoms. The van der Waals surface area contributed by atoms with Crippen LogP contribution in [0.5, 0.6) is 17.4 Å². The number of amides is 1. The second kappa shape index (κ2) is 9.64. The number of nitrogens with two attached hydrogens (primary N) is 1. The number of nitriles is 1. The number of nitrogens with zero attached hydrogens (tertiary/aromatic N) is 3. The number of morpholine rings is 1. The zero-order valence-corrected chi connectivity index (χ0v) is 19.9. The lowest BCUT2D eigenvalue weighted by Gasteiger charge is -2.28. The fourth-order valence-corrected chi connectivity index (χ4v) is 4.42. The minimum absolute atomic E-state index is 0.0646. The molecule has 1 saturated heterocycles. The molecule has 10 nitrogen and oxygen atoms in total. The van der Waals surface area contributed by atoms with Gasteiger partial charge in [0.25, 0.3) is 0 Å². The molecule has 1 unspecified atom stereocenters. The fourth-order valence-electron chi connectivity index (χ4n) is 4.42. The molecule has 3 aromatic rings. The summed E-state index contributed by atoms with van der Waals surface area (Å²) in [6, 6.07) is 15.3. The summed E-state index contributed by atoms with van der Waals surface area (Å²) in [5, 5.41) is 17.5. The molecule has 3 heterocycles. The first-order valence-corrected chi connectivity index (χ1v) is 11.5. The molecule has 2 aliphatic heterocycles. The van der Waals surface area contributed by atoms with Gasteiger partial charge in [-0.05, 0) is 13.0 Å². The third kappa shape index (κ3) is 4.10. The summed E-state index contributed by atoms with van der Waals surface area (Å²) in [6.07, 6.45) is -0.530. The van der Waals surface area contributed by atoms with Crippen LogP contribution < -0.4 is 19.9 Å². The molecule has 3 N–H and O–H groups in total. The number of rotatable bonds is 4. The average Bonchev–Trinajstić information content (AvgIpc) is 3.32. The number of hydrogen-bond acceptors (Lipinski definition) is 8. The van der Waals surface area contributed by atoms with E-state index in [0.29, 0.717) is 48.9 Å². The summed E-state index contributed by atoms with van der Waals surface area (Å²) >= 11 is 0. The summed E-state index contributed by atoms with van der Waals surface area (Å²) in [7, 11) is 1.49. The number of carbonyl (C=O) groups is 1. The molecule has 0 radical (unpaired) electrons. The summed E-state index contributed by atoms with van der Waals surface area (Å²) in [5.74, 6) is 0.00585. The van der Waals surface area contributed by atoms with E-state index in [-0.39, 0.29) is 23.1 Å². The van der Waals surface area contributed by atoms with E-state index in [1.807, 2.05) is 31.2 Å². The minimum Gasteiger partial charge on any atom is -0.493 e. The molecule has 2 aromatic carbocycles. The largest absolute Gasteiger partial charge is 0.493 e. The lowest BCUT2D eigenvalue weighted by atomic mass is 9.82. The second-order valence-corrected chi connectivity index (χ2v) is 8.45. The number of aromatic nitrogens is 2. The van der Waals surface area contributed by atoms with E-state index < -0.39 is 12.0 Å². The van der Waals surface area contributed by atoms with Gasteiger partial charge < -0.3 is 29.6 Å². The van der Waals surface area contributed by atoms with E-state index in [2.05, 4.69) is 16.3 Å². The van der Waals surface area contributed by atoms with E-state index >= 15 is 0 Å². The van der Waals surface area contributed by atoms with Gasteiger partial charge in [0.15, 0.2) is 11.5 Å². The quantitative estimate of drug-likeness (QED) is 0.571. The SMILES string of the molecule is COc1cccc(C2C(C#N)=C(N)Oc3n[nH]c(-c4ccc(C)cc4)c32)c1OC(=O)N1CCOCC1. The molecule has 36 heavy (non-hydrogen) atoms. The lowest BCUT2D eigenvalue weighted by Crippen LogP contribution is -2.42. The normalized spacial score (nSPS) is 17.1. The topological polar surface area (TPSA) is 136 Å². The van der Waals surface area contributed by atoms with Gasteiger partial charge in [-0.1, -0.05) is 42.0 Å². The van der Waals surface area contributed by atoms with Crippen molar-refractivity contribution in [1.29, 1.82) is 5.26 Å². The fraction of sp³-hybridized carbons (Fsp3) is 0.269. The van der Waals surface area contributed by atoms with Gasteiger partial charge in [0.05, 0.1) is 37.5 Å². The van der Waals surface area contributed by atoms with Crippen molar-refractivity contribution in [1.82, 2.24) is 15.1 Å². The molecule has 184 valence electrons. The van der Waals surface area contributed by atoms with Crippen LogP contribution >= 0.6 is 0 Å². The van der Waals surface area contributed by atoms with E-state index in [1.165, 1.54) is 7.11 Å². The van der Waals surface area contributed by atoms with Crippen LogP contribution in [0.2, 0.25) is 0 Å². The monoisotopic (exact) mass is 487 g/mol. The lowest BCUT2D eigenvalue weighted by molar-refractivity contribution is 0.0412. The first-order valence-electron chi connectivity index (χ1n) is 11.5. The van der Waals surface area contributed by atoms with E-state index in [1.54, 1.807) is 23.1 Å². The Hall–Kier alpha value is -4.49. The van der Waals surface area contributed by atoms with Crippen molar-refractivity contribution >= 4 is 6.09 Å². The second-order valence-electron chi connectivity index (χ2n) is 8.45. The molecule has 5 rings (SSSR count). The molecule has 0 aliphatic carbocycles. The third-order valence-electron chi connectivity index (χ3n) is 6.28. The Kier molecular flexibility index (Phi) is 6.23. The number of para-hydroxylation sites is 1. The van der Waals surface area contributed by atoms with Crippen LogP contribution in [0, 0.1) is 18.3 Å². The van der Waals surface area contributed by atoms with Gasteiger partial charge in [-0.25, -0.2) is 4.79 Å². The van der Waals surface area contributed by atoms with Crippen LogP contribution in [0.1, 0.15) is 22.6 Å². The summed E-state index contributed by atoms with van der Waals surface area (Å²) in [6.45, 7) is 3.70. The van der Waals surface area contributed by atoms with Gasteiger partial charge >= 0.3 is 6.09 Å². The predicted molar refractivity (Wildman–Crippen MR) is 129 cm³/mol. The van der Waals surface area contributed by atoms with Crippen molar-refractivity contribution in [3.8, 4) is 34.7 Å². The highest BCUT2D eigenvalue weighted by molar-refractivity contribution is 5.76. The van der Waals surface area contributed by atoms with Crippen molar-refractivity contribution in [3.63, 3.8) is 0 Å². The maximum absolute atomic E-state index is 13.0. The first-order chi connectivity index (χ1) is 17.5. The van der Waals surface area contributed by atoms with Gasteiger partial charge in [-0.15, -0.1) is 5.10 Å². The zero-order chi connectivity index (χ0) is 25.2. The van der Waals surface area contributed by atoms with Crippen LogP contribution in [-0.2, 0) is 4.74 Å². The molecule has 1 fully saturated rings. The van der Waals surface area contributed by atoms with Crippen LogP contribution in [0.3, 0.4) is 0 Å². The Balaban J connectivity index is 1.66. The van der Waals surface area contributed by atoms with Gasteiger partial charge in [0.1, 0.15) is 11.6 Å². The molecule has 0 saturated carbocycles. The number of hydrogen-bond donors (Lipinski definition) is 2. The van der Waals surface area contributed by atoms with Crippen molar-refractivity contribution in [2.75, 3.05) is 33.4 Å². The number of carbonyl (C=O) groups excluding carboxylic acids is 1. The number of ether oxygens (including phenoxy) is 4.